The molecule has 0 saturated carbocycles. The number of carbonyl (C=O) groups excluding carboxylic acids is 2. The van der Waals surface area contributed by atoms with E-state index >= 15 is 0 Å². The van der Waals surface area contributed by atoms with E-state index < -0.39 is 24.0 Å². The highest BCUT2D eigenvalue weighted by Gasteiger charge is 2.38. The molecule has 2 amide bonds. The van der Waals surface area contributed by atoms with Crippen LogP contribution in [0, 0.1) is 11.3 Å². The summed E-state index contributed by atoms with van der Waals surface area (Å²) in [5, 5.41) is 22.1. The molecule has 10 heteroatoms. The van der Waals surface area contributed by atoms with E-state index in [1.165, 1.54) is 42.5 Å². The van der Waals surface area contributed by atoms with Crippen molar-refractivity contribution in [2.24, 2.45) is 0 Å². The van der Waals surface area contributed by atoms with Gasteiger partial charge in [0.05, 0.1) is 5.56 Å². The van der Waals surface area contributed by atoms with Crippen molar-refractivity contribution in [1.82, 2.24) is 0 Å². The number of hydrogen-bond donors (Lipinski definition) is 3. The standard InChI is InChI=1S/C19H12F3N3O4/c20-19(21,22)18(29)25-15-3-1-2-11(9-15)8-13(10-23)16(26)24-14-6-4-12(5-7-14)17(27)28/h1-9H,(H,24,26)(H,25,29)(H,27,28)/b13-8+. The van der Waals surface area contributed by atoms with Gasteiger partial charge in [0.15, 0.2) is 0 Å². The number of carboxylic acids is 1. The summed E-state index contributed by atoms with van der Waals surface area (Å²) in [5.74, 6) is -4.10. The van der Waals surface area contributed by atoms with Gasteiger partial charge in [0.1, 0.15) is 11.6 Å². The summed E-state index contributed by atoms with van der Waals surface area (Å²) >= 11 is 0. The summed E-state index contributed by atoms with van der Waals surface area (Å²) in [6.07, 6.45) is -3.93. The van der Waals surface area contributed by atoms with Crippen LogP contribution >= 0.6 is 0 Å². The molecule has 0 atom stereocenters. The van der Waals surface area contributed by atoms with Crippen molar-refractivity contribution in [3.63, 3.8) is 0 Å². The van der Waals surface area contributed by atoms with Gasteiger partial charge in [-0.15, -0.1) is 0 Å². The topological polar surface area (TPSA) is 119 Å². The molecule has 0 bridgehead atoms. The van der Waals surface area contributed by atoms with E-state index in [0.29, 0.717) is 0 Å². The van der Waals surface area contributed by atoms with Gasteiger partial charge in [-0.3, -0.25) is 9.59 Å². The zero-order valence-corrected chi connectivity index (χ0v) is 14.4. The maximum Gasteiger partial charge on any atom is 0.471 e. The molecule has 29 heavy (non-hydrogen) atoms. The Labute approximate surface area is 162 Å². The SMILES string of the molecule is N#C/C(=C\c1cccc(NC(=O)C(F)(F)F)c1)C(=O)Nc1ccc(C(=O)O)cc1. The van der Waals surface area contributed by atoms with Gasteiger partial charge in [0, 0.05) is 11.4 Å². The van der Waals surface area contributed by atoms with Gasteiger partial charge in [0.2, 0.25) is 0 Å². The summed E-state index contributed by atoms with van der Waals surface area (Å²) in [6, 6.07) is 12.0. The van der Waals surface area contributed by atoms with Crippen LogP contribution in [-0.2, 0) is 9.59 Å². The molecule has 0 heterocycles. The fourth-order valence-electron chi connectivity index (χ4n) is 2.12. The number of nitrogens with one attached hydrogen (secondary N) is 2. The number of rotatable bonds is 5. The van der Waals surface area contributed by atoms with E-state index in [4.69, 9.17) is 5.11 Å². The van der Waals surface area contributed by atoms with Crippen molar-refractivity contribution in [2.45, 2.75) is 6.18 Å². The Morgan fingerprint density at radius 3 is 2.21 bits per heavy atom. The number of benzene rings is 2. The van der Waals surface area contributed by atoms with Crippen LogP contribution in [0.4, 0.5) is 24.5 Å². The third-order valence-corrected chi connectivity index (χ3v) is 3.47. The lowest BCUT2D eigenvalue weighted by molar-refractivity contribution is -0.167. The monoisotopic (exact) mass is 403 g/mol. The minimum Gasteiger partial charge on any atom is -0.478 e. The van der Waals surface area contributed by atoms with Gasteiger partial charge >= 0.3 is 18.1 Å². The third-order valence-electron chi connectivity index (χ3n) is 3.47. The van der Waals surface area contributed by atoms with Crippen molar-refractivity contribution < 1.29 is 32.7 Å². The Kier molecular flexibility index (Phi) is 6.36. The number of nitriles is 1. The molecule has 0 unspecified atom stereocenters. The molecular weight excluding hydrogens is 391 g/mol. The quantitative estimate of drug-likeness (QED) is 0.522. The molecule has 0 spiro atoms. The Hall–Kier alpha value is -4.13. The van der Waals surface area contributed by atoms with E-state index in [1.54, 1.807) is 11.4 Å². The average Bonchev–Trinajstić information content (AvgIpc) is 2.66. The van der Waals surface area contributed by atoms with Crippen molar-refractivity contribution in [2.75, 3.05) is 10.6 Å². The number of halogens is 3. The maximum absolute atomic E-state index is 12.3. The van der Waals surface area contributed by atoms with Crippen LogP contribution in [0.1, 0.15) is 15.9 Å². The van der Waals surface area contributed by atoms with Crippen molar-refractivity contribution in [3.8, 4) is 6.07 Å². The summed E-state index contributed by atoms with van der Waals surface area (Å²) < 4.78 is 37.0. The minimum absolute atomic E-state index is 0.0109. The lowest BCUT2D eigenvalue weighted by Gasteiger charge is -2.08. The first-order valence-electron chi connectivity index (χ1n) is 7.85. The third kappa shape index (κ3) is 5.93. The van der Waals surface area contributed by atoms with Crippen LogP contribution < -0.4 is 10.6 Å². The molecular formula is C19H12F3N3O4. The number of nitrogens with zero attached hydrogens (tertiary/aromatic N) is 1. The number of anilines is 2. The zero-order chi connectivity index (χ0) is 21.6. The summed E-state index contributed by atoms with van der Waals surface area (Å²) in [7, 11) is 0. The summed E-state index contributed by atoms with van der Waals surface area (Å²) in [5.41, 5.74) is -0.0587. The molecule has 0 aliphatic heterocycles. The molecule has 0 aliphatic rings. The number of amides is 2. The van der Waals surface area contributed by atoms with Gasteiger partial charge < -0.3 is 15.7 Å². The van der Waals surface area contributed by atoms with Gasteiger partial charge in [0.25, 0.3) is 5.91 Å². The van der Waals surface area contributed by atoms with Crippen LogP contribution in [0.25, 0.3) is 6.08 Å². The summed E-state index contributed by atoms with van der Waals surface area (Å²) in [4.78, 5) is 34.0. The molecule has 148 valence electrons. The molecule has 0 aliphatic carbocycles. The van der Waals surface area contributed by atoms with E-state index in [1.807, 2.05) is 0 Å². The number of carbonyl (C=O) groups is 3. The van der Waals surface area contributed by atoms with Crippen molar-refractivity contribution in [3.05, 3.63) is 65.2 Å². The highest BCUT2D eigenvalue weighted by Crippen LogP contribution is 2.20. The molecule has 2 rings (SSSR count). The molecule has 2 aromatic rings. The minimum atomic E-state index is -5.06. The second-order valence-corrected chi connectivity index (χ2v) is 5.58. The highest BCUT2D eigenvalue weighted by atomic mass is 19.4. The average molecular weight is 403 g/mol. The first-order valence-corrected chi connectivity index (χ1v) is 7.85. The molecule has 0 radical (unpaired) electrons. The number of carboxylic acid groups (broad SMARTS) is 1. The van der Waals surface area contributed by atoms with Gasteiger partial charge in [-0.1, -0.05) is 12.1 Å². The summed E-state index contributed by atoms with van der Waals surface area (Å²) in [6.45, 7) is 0. The molecule has 3 N–H and O–H groups in total. The molecule has 0 aromatic heterocycles. The Bertz CT molecular complexity index is 1020. The van der Waals surface area contributed by atoms with Crippen LogP contribution in [0.2, 0.25) is 0 Å². The van der Waals surface area contributed by atoms with Crippen LogP contribution in [0.15, 0.2) is 54.1 Å². The predicted octanol–water partition coefficient (Wildman–Crippen LogP) is 3.43. The molecule has 0 saturated heterocycles. The second kappa shape index (κ2) is 8.71. The predicted molar refractivity (Wildman–Crippen MR) is 96.7 cm³/mol. The second-order valence-electron chi connectivity index (χ2n) is 5.58. The Morgan fingerprint density at radius 2 is 1.66 bits per heavy atom. The lowest BCUT2D eigenvalue weighted by Crippen LogP contribution is -2.29. The molecule has 2 aromatic carbocycles. The van der Waals surface area contributed by atoms with Crippen LogP contribution in [0.5, 0.6) is 0 Å². The van der Waals surface area contributed by atoms with E-state index in [-0.39, 0.29) is 28.1 Å². The smallest absolute Gasteiger partial charge is 0.471 e. The van der Waals surface area contributed by atoms with Crippen molar-refractivity contribution in [1.29, 1.82) is 5.26 Å². The number of aromatic carboxylic acids is 1. The fourth-order valence-corrected chi connectivity index (χ4v) is 2.12. The van der Waals surface area contributed by atoms with Gasteiger partial charge in [-0.2, -0.15) is 18.4 Å². The first-order chi connectivity index (χ1) is 13.6. The zero-order valence-electron chi connectivity index (χ0n) is 14.4. The van der Waals surface area contributed by atoms with Gasteiger partial charge in [-0.05, 0) is 48.0 Å². The highest BCUT2D eigenvalue weighted by molar-refractivity contribution is 6.09. The maximum atomic E-state index is 12.3. The largest absolute Gasteiger partial charge is 0.478 e. The Morgan fingerprint density at radius 1 is 1.00 bits per heavy atom. The normalized spacial score (nSPS) is 11.3. The van der Waals surface area contributed by atoms with E-state index in [0.717, 1.165) is 12.1 Å². The Balaban J connectivity index is 2.17. The van der Waals surface area contributed by atoms with Crippen molar-refractivity contribution >= 4 is 35.2 Å². The molecule has 7 nitrogen and oxygen atoms in total. The van der Waals surface area contributed by atoms with Gasteiger partial charge in [-0.25, -0.2) is 4.79 Å². The van der Waals surface area contributed by atoms with Crippen LogP contribution in [0.3, 0.4) is 0 Å². The lowest BCUT2D eigenvalue weighted by atomic mass is 10.1. The number of hydrogen-bond acceptors (Lipinski definition) is 4. The first kappa shape index (κ1) is 21.2. The van der Waals surface area contributed by atoms with E-state index in [2.05, 4.69) is 5.32 Å². The van der Waals surface area contributed by atoms with Crippen LogP contribution in [-0.4, -0.2) is 29.1 Å². The molecule has 0 fully saturated rings. The van der Waals surface area contributed by atoms with E-state index in [9.17, 15) is 32.8 Å². The number of alkyl halides is 3. The fraction of sp³-hybridized carbons (Fsp3) is 0.0526.